The molecule has 0 heterocycles. The highest BCUT2D eigenvalue weighted by molar-refractivity contribution is 4.86. The van der Waals surface area contributed by atoms with Gasteiger partial charge in [-0.1, -0.05) is 20.3 Å². The lowest BCUT2D eigenvalue weighted by Gasteiger charge is -2.21. The molecule has 0 saturated heterocycles. The monoisotopic (exact) mass is 239 g/mol. The van der Waals surface area contributed by atoms with Gasteiger partial charge in [-0.15, -0.1) is 13.2 Å². The van der Waals surface area contributed by atoms with Crippen molar-refractivity contribution in [2.24, 2.45) is 11.8 Å². The number of ether oxygens (including phenoxy) is 1. The van der Waals surface area contributed by atoms with Crippen LogP contribution in [-0.2, 0) is 4.74 Å². The van der Waals surface area contributed by atoms with Gasteiger partial charge in [-0.3, -0.25) is 4.74 Å². The maximum absolute atomic E-state index is 11.7. The predicted molar refractivity (Wildman–Crippen MR) is 56.0 cm³/mol. The van der Waals surface area contributed by atoms with Crippen LogP contribution in [0.2, 0.25) is 0 Å². The van der Waals surface area contributed by atoms with E-state index in [1.165, 1.54) is 6.42 Å². The molecule has 0 spiro atoms. The van der Waals surface area contributed by atoms with Gasteiger partial charge in [-0.2, -0.15) is 0 Å². The fraction of sp³-hybridized carbons (Fsp3) is 1.00. The third kappa shape index (κ3) is 4.29. The molecule has 96 valence electrons. The molecule has 1 N–H and O–H groups in total. The predicted octanol–water partition coefficient (Wildman–Crippen LogP) is 2.94. The molecule has 1 fully saturated rings. The molecule has 0 bridgehead atoms. The first kappa shape index (κ1) is 13.8. The van der Waals surface area contributed by atoms with Gasteiger partial charge in [0, 0.05) is 12.6 Å². The molecular formula is C11H20F3NO. The van der Waals surface area contributed by atoms with Crippen LogP contribution in [0.3, 0.4) is 0 Å². The quantitative estimate of drug-likeness (QED) is 0.745. The van der Waals surface area contributed by atoms with E-state index in [9.17, 15) is 13.2 Å². The summed E-state index contributed by atoms with van der Waals surface area (Å²) in [5.74, 6) is 1.26. The summed E-state index contributed by atoms with van der Waals surface area (Å²) in [4.78, 5) is 0. The minimum atomic E-state index is -4.51. The highest BCUT2D eigenvalue weighted by Gasteiger charge is 2.32. The smallest absolute Gasteiger partial charge is 0.311 e. The lowest BCUT2D eigenvalue weighted by Crippen LogP contribution is -2.35. The Morgan fingerprint density at radius 3 is 2.50 bits per heavy atom. The second-order valence-corrected chi connectivity index (χ2v) is 4.46. The molecule has 0 aromatic carbocycles. The second-order valence-electron chi connectivity index (χ2n) is 4.46. The Bertz CT molecular complexity index is 208. The van der Waals surface area contributed by atoms with Gasteiger partial charge in [0.2, 0.25) is 0 Å². The van der Waals surface area contributed by atoms with Crippen LogP contribution >= 0.6 is 0 Å². The van der Waals surface area contributed by atoms with Gasteiger partial charge in [0.05, 0.1) is 6.61 Å². The van der Waals surface area contributed by atoms with E-state index in [2.05, 4.69) is 23.9 Å². The Morgan fingerprint density at radius 1 is 1.31 bits per heavy atom. The lowest BCUT2D eigenvalue weighted by molar-refractivity contribution is -0.323. The number of nitrogens with one attached hydrogen (secondary N) is 1. The minimum absolute atomic E-state index is 0.269. The molecule has 1 aliphatic rings. The molecule has 1 aliphatic carbocycles. The van der Waals surface area contributed by atoms with Crippen LogP contribution < -0.4 is 5.32 Å². The topological polar surface area (TPSA) is 21.3 Å². The highest BCUT2D eigenvalue weighted by atomic mass is 19.4. The van der Waals surface area contributed by atoms with Crippen LogP contribution in [0.4, 0.5) is 13.2 Å². The Balaban J connectivity index is 2.15. The first-order valence-electron chi connectivity index (χ1n) is 5.88. The van der Waals surface area contributed by atoms with E-state index >= 15 is 0 Å². The molecule has 16 heavy (non-hydrogen) atoms. The van der Waals surface area contributed by atoms with Gasteiger partial charge in [-0.25, -0.2) is 0 Å². The normalized spacial score (nSPS) is 30.9. The second kappa shape index (κ2) is 5.87. The maximum Gasteiger partial charge on any atom is 0.522 e. The van der Waals surface area contributed by atoms with Crippen LogP contribution in [0.25, 0.3) is 0 Å². The van der Waals surface area contributed by atoms with Crippen LogP contribution in [0, 0.1) is 11.8 Å². The Morgan fingerprint density at radius 2 is 2.00 bits per heavy atom. The van der Waals surface area contributed by atoms with E-state index in [-0.39, 0.29) is 13.2 Å². The SMILES string of the molecule is CCC1CCC(NCCOC(F)(F)F)C1C. The number of alkyl halides is 3. The molecule has 0 aromatic heterocycles. The summed E-state index contributed by atoms with van der Waals surface area (Å²) in [6, 6.07) is 0.349. The maximum atomic E-state index is 11.7. The molecule has 0 amide bonds. The molecule has 0 aromatic rings. The van der Waals surface area contributed by atoms with Crippen molar-refractivity contribution in [1.29, 1.82) is 0 Å². The standard InChI is InChI=1S/C11H20F3NO/c1-3-9-4-5-10(8(9)2)15-6-7-16-11(12,13)14/h8-10,15H,3-7H2,1-2H3. The fourth-order valence-electron chi connectivity index (χ4n) is 2.52. The third-order valence-electron chi connectivity index (χ3n) is 3.53. The first-order valence-corrected chi connectivity index (χ1v) is 5.88. The number of rotatable bonds is 5. The van der Waals surface area contributed by atoms with Gasteiger partial charge in [0.25, 0.3) is 0 Å². The zero-order chi connectivity index (χ0) is 12.2. The van der Waals surface area contributed by atoms with Crippen molar-refractivity contribution in [3.05, 3.63) is 0 Å². The molecule has 1 saturated carbocycles. The highest BCUT2D eigenvalue weighted by Crippen LogP contribution is 2.33. The molecule has 0 aliphatic heterocycles. The first-order chi connectivity index (χ1) is 7.44. The molecule has 2 nitrogen and oxygen atoms in total. The number of hydrogen-bond acceptors (Lipinski definition) is 2. The average molecular weight is 239 g/mol. The van der Waals surface area contributed by atoms with Gasteiger partial charge in [0.1, 0.15) is 0 Å². The average Bonchev–Trinajstić information content (AvgIpc) is 2.53. The molecule has 3 unspecified atom stereocenters. The van der Waals surface area contributed by atoms with Gasteiger partial charge in [0.15, 0.2) is 0 Å². The summed E-state index contributed by atoms with van der Waals surface area (Å²) in [6.45, 7) is 4.30. The number of hydrogen-bond donors (Lipinski definition) is 1. The van der Waals surface area contributed by atoms with Crippen molar-refractivity contribution in [3.8, 4) is 0 Å². The van der Waals surface area contributed by atoms with Gasteiger partial charge < -0.3 is 5.32 Å². The lowest BCUT2D eigenvalue weighted by atomic mass is 9.93. The molecular weight excluding hydrogens is 219 g/mol. The van der Waals surface area contributed by atoms with Gasteiger partial charge in [-0.05, 0) is 24.7 Å². The summed E-state index contributed by atoms with van der Waals surface area (Å²) < 4.78 is 38.8. The molecule has 5 heteroatoms. The summed E-state index contributed by atoms with van der Waals surface area (Å²) in [5.41, 5.74) is 0. The van der Waals surface area contributed by atoms with E-state index in [0.29, 0.717) is 17.9 Å². The molecule has 0 radical (unpaired) electrons. The van der Waals surface area contributed by atoms with Crippen molar-refractivity contribution in [2.75, 3.05) is 13.2 Å². The summed E-state index contributed by atoms with van der Waals surface area (Å²) in [7, 11) is 0. The van der Waals surface area contributed by atoms with Crippen molar-refractivity contribution >= 4 is 0 Å². The van der Waals surface area contributed by atoms with Crippen LogP contribution in [0.5, 0.6) is 0 Å². The van der Waals surface area contributed by atoms with Crippen LogP contribution in [0.1, 0.15) is 33.1 Å². The van der Waals surface area contributed by atoms with Crippen molar-refractivity contribution in [1.82, 2.24) is 5.32 Å². The third-order valence-corrected chi connectivity index (χ3v) is 3.53. The Labute approximate surface area is 94.5 Å². The Kier molecular flexibility index (Phi) is 5.05. The van der Waals surface area contributed by atoms with E-state index in [0.717, 1.165) is 12.8 Å². The van der Waals surface area contributed by atoms with E-state index in [4.69, 9.17) is 0 Å². The van der Waals surface area contributed by atoms with E-state index in [1.807, 2.05) is 0 Å². The largest absolute Gasteiger partial charge is 0.522 e. The zero-order valence-electron chi connectivity index (χ0n) is 9.81. The number of halogens is 3. The Hall–Kier alpha value is -0.290. The zero-order valence-corrected chi connectivity index (χ0v) is 9.81. The van der Waals surface area contributed by atoms with Crippen molar-refractivity contribution in [3.63, 3.8) is 0 Å². The molecule has 3 atom stereocenters. The van der Waals surface area contributed by atoms with Crippen LogP contribution in [0.15, 0.2) is 0 Å². The van der Waals surface area contributed by atoms with E-state index < -0.39 is 6.36 Å². The van der Waals surface area contributed by atoms with E-state index in [1.54, 1.807) is 0 Å². The summed E-state index contributed by atoms with van der Waals surface area (Å²) in [5, 5.41) is 3.14. The van der Waals surface area contributed by atoms with Crippen molar-refractivity contribution in [2.45, 2.75) is 45.5 Å². The van der Waals surface area contributed by atoms with Crippen LogP contribution in [-0.4, -0.2) is 25.6 Å². The summed E-state index contributed by atoms with van der Waals surface area (Å²) in [6.07, 6.45) is -1.12. The van der Waals surface area contributed by atoms with Gasteiger partial charge >= 0.3 is 6.36 Å². The fourth-order valence-corrected chi connectivity index (χ4v) is 2.52. The van der Waals surface area contributed by atoms with Crippen molar-refractivity contribution < 1.29 is 17.9 Å². The summed E-state index contributed by atoms with van der Waals surface area (Å²) >= 11 is 0. The molecule has 1 rings (SSSR count). The minimum Gasteiger partial charge on any atom is -0.311 e.